The summed E-state index contributed by atoms with van der Waals surface area (Å²) in [6.45, 7) is 9.51. The van der Waals surface area contributed by atoms with Crippen molar-refractivity contribution >= 4 is 28.6 Å². The van der Waals surface area contributed by atoms with Crippen LogP contribution in [0.15, 0.2) is 24.3 Å². The minimum absolute atomic E-state index is 0.0541. The number of aryl methyl sites for hydroxylation is 1. The lowest BCUT2D eigenvalue weighted by atomic mass is 9.72. The van der Waals surface area contributed by atoms with E-state index in [1.165, 1.54) is 36.9 Å². The topological polar surface area (TPSA) is 83.5 Å². The molecule has 2 aromatic heterocycles. The minimum atomic E-state index is -4.78. The van der Waals surface area contributed by atoms with Gasteiger partial charge in [0.25, 0.3) is 6.43 Å². The molecule has 1 spiro atoms. The van der Waals surface area contributed by atoms with E-state index < -0.39 is 47.4 Å². The third kappa shape index (κ3) is 5.62. The van der Waals surface area contributed by atoms with Crippen LogP contribution in [-0.2, 0) is 10.9 Å². The number of nitrogens with zero attached hydrogens (tertiary/aromatic N) is 5. The Morgan fingerprint density at radius 1 is 1.05 bits per heavy atom. The molecule has 1 atom stereocenters. The van der Waals surface area contributed by atoms with Crippen molar-refractivity contribution in [3.8, 4) is 0 Å². The highest BCUT2D eigenvalue weighted by atomic mass is 19.4. The number of anilines is 2. The van der Waals surface area contributed by atoms with Gasteiger partial charge in [-0.3, -0.25) is 0 Å². The number of fused-ring (bicyclic) bond motifs is 1. The number of amides is 1. The van der Waals surface area contributed by atoms with Crippen molar-refractivity contribution < 1.29 is 35.9 Å². The fourth-order valence-corrected chi connectivity index (χ4v) is 5.42. The van der Waals surface area contributed by atoms with Crippen molar-refractivity contribution in [2.75, 3.05) is 36.4 Å². The van der Waals surface area contributed by atoms with E-state index in [1.807, 2.05) is 0 Å². The smallest absolute Gasteiger partial charge is 0.435 e. The van der Waals surface area contributed by atoms with Gasteiger partial charge in [-0.1, -0.05) is 18.2 Å². The summed E-state index contributed by atoms with van der Waals surface area (Å²) in [5, 5.41) is 3.11. The Labute approximate surface area is 238 Å². The molecule has 1 aromatic carbocycles. The summed E-state index contributed by atoms with van der Waals surface area (Å²) in [5.74, 6) is -0.871. The number of hydrogen-bond acceptors (Lipinski definition) is 7. The Morgan fingerprint density at radius 3 is 2.29 bits per heavy atom. The zero-order valence-corrected chi connectivity index (χ0v) is 23.6. The second kappa shape index (κ2) is 10.2. The molecule has 0 saturated carbocycles. The van der Waals surface area contributed by atoms with Crippen LogP contribution in [-0.4, -0.2) is 57.7 Å². The molecule has 1 N–H and O–H groups in total. The van der Waals surface area contributed by atoms with Gasteiger partial charge in [-0.25, -0.2) is 32.9 Å². The van der Waals surface area contributed by atoms with Gasteiger partial charge in [-0.2, -0.15) is 13.2 Å². The number of nitrogens with one attached hydrogen (secondary N) is 1. The van der Waals surface area contributed by atoms with Crippen molar-refractivity contribution in [3.05, 3.63) is 52.7 Å². The van der Waals surface area contributed by atoms with Gasteiger partial charge < -0.3 is 19.9 Å². The summed E-state index contributed by atoms with van der Waals surface area (Å²) in [6.07, 6.45) is -8.27. The number of alkyl halides is 5. The van der Waals surface area contributed by atoms with E-state index in [1.54, 1.807) is 25.7 Å². The molecule has 0 bridgehead atoms. The van der Waals surface area contributed by atoms with Crippen LogP contribution in [0.1, 0.15) is 62.8 Å². The van der Waals surface area contributed by atoms with E-state index >= 15 is 0 Å². The van der Waals surface area contributed by atoms with Crippen LogP contribution in [0, 0.1) is 18.2 Å². The third-order valence-corrected chi connectivity index (χ3v) is 7.26. The lowest BCUT2D eigenvalue weighted by molar-refractivity contribution is -0.140. The molecule has 0 radical (unpaired) electrons. The molecular formula is C28H30F6N6O2. The quantitative estimate of drug-likeness (QED) is 0.330. The summed E-state index contributed by atoms with van der Waals surface area (Å²) < 4.78 is 89.2. The van der Waals surface area contributed by atoms with Gasteiger partial charge in [-0.05, 0) is 40.7 Å². The second-order valence-electron chi connectivity index (χ2n) is 12.0. The molecule has 1 amide bonds. The highest BCUT2D eigenvalue weighted by Crippen LogP contribution is 2.46. The molecule has 4 heterocycles. The molecule has 5 rings (SSSR count). The van der Waals surface area contributed by atoms with Gasteiger partial charge in [0.15, 0.2) is 11.3 Å². The summed E-state index contributed by atoms with van der Waals surface area (Å²) in [7, 11) is 0. The zero-order valence-electron chi connectivity index (χ0n) is 23.6. The van der Waals surface area contributed by atoms with Gasteiger partial charge in [0, 0.05) is 37.2 Å². The van der Waals surface area contributed by atoms with Crippen LogP contribution in [0.4, 0.5) is 42.6 Å². The lowest BCUT2D eigenvalue weighted by Gasteiger charge is -2.60. The molecule has 2 fully saturated rings. The predicted octanol–water partition coefficient (Wildman–Crippen LogP) is 6.66. The van der Waals surface area contributed by atoms with Gasteiger partial charge in [0.2, 0.25) is 0 Å². The molecule has 3 aromatic rings. The van der Waals surface area contributed by atoms with Gasteiger partial charge in [-0.15, -0.1) is 0 Å². The number of carbonyl (C=O) groups is 1. The minimum Gasteiger partial charge on any atom is -0.444 e. The maximum absolute atomic E-state index is 14.8. The highest BCUT2D eigenvalue weighted by molar-refractivity contribution is 5.90. The molecule has 42 heavy (non-hydrogen) atoms. The first-order chi connectivity index (χ1) is 19.5. The summed E-state index contributed by atoms with van der Waals surface area (Å²) in [4.78, 5) is 27.7. The monoisotopic (exact) mass is 596 g/mol. The summed E-state index contributed by atoms with van der Waals surface area (Å²) >= 11 is 0. The first-order valence-electron chi connectivity index (χ1n) is 13.3. The van der Waals surface area contributed by atoms with Crippen molar-refractivity contribution in [2.24, 2.45) is 5.41 Å². The first-order valence-corrected chi connectivity index (χ1v) is 13.3. The average Bonchev–Trinajstić information content (AvgIpc) is 2.80. The van der Waals surface area contributed by atoms with Crippen molar-refractivity contribution in [3.63, 3.8) is 0 Å². The molecule has 2 saturated heterocycles. The Hall–Kier alpha value is -3.84. The number of likely N-dealkylation sites (tertiary alicyclic amines) is 1. The predicted molar refractivity (Wildman–Crippen MR) is 143 cm³/mol. The van der Waals surface area contributed by atoms with Crippen molar-refractivity contribution in [1.82, 2.24) is 19.9 Å². The number of aromatic nitrogens is 3. The number of pyridine rings is 1. The van der Waals surface area contributed by atoms with Gasteiger partial charge in [0.1, 0.15) is 23.1 Å². The fourth-order valence-electron chi connectivity index (χ4n) is 5.42. The van der Waals surface area contributed by atoms with E-state index in [4.69, 9.17) is 4.74 Å². The second-order valence-corrected chi connectivity index (χ2v) is 12.0. The molecule has 0 aliphatic carbocycles. The molecule has 2 aliphatic rings. The van der Waals surface area contributed by atoms with Crippen LogP contribution in [0.25, 0.3) is 11.0 Å². The van der Waals surface area contributed by atoms with E-state index in [9.17, 15) is 31.1 Å². The largest absolute Gasteiger partial charge is 0.444 e. The maximum atomic E-state index is 14.8. The first kappa shape index (κ1) is 29.6. The normalized spacial score (nSPS) is 17.3. The van der Waals surface area contributed by atoms with Crippen molar-refractivity contribution in [2.45, 2.75) is 58.9 Å². The van der Waals surface area contributed by atoms with E-state index in [2.05, 4.69) is 20.3 Å². The van der Waals surface area contributed by atoms with Crippen molar-refractivity contribution in [1.29, 1.82) is 0 Å². The van der Waals surface area contributed by atoms with Crippen LogP contribution < -0.4 is 10.2 Å². The Bertz CT molecular complexity index is 1530. The number of ether oxygens (including phenoxy) is 1. The maximum Gasteiger partial charge on any atom is 0.435 e. The zero-order chi connectivity index (χ0) is 30.8. The number of hydrogen-bond donors (Lipinski definition) is 1. The van der Waals surface area contributed by atoms with Crippen LogP contribution in [0.3, 0.4) is 0 Å². The van der Waals surface area contributed by atoms with Gasteiger partial charge >= 0.3 is 12.3 Å². The SMILES string of the molecule is Cc1nc(N[C@H](C)c2cccc(C(F)F)c2F)c2cc(N3CC4(CN(C(=O)OC(C)(C)C)C4)C3)c(C(F)(F)F)nc2n1. The molecule has 14 heteroatoms. The highest BCUT2D eigenvalue weighted by Gasteiger charge is 2.55. The Kier molecular flexibility index (Phi) is 7.17. The molecule has 0 unspecified atom stereocenters. The average molecular weight is 597 g/mol. The van der Waals surface area contributed by atoms with E-state index in [0.717, 1.165) is 6.07 Å². The third-order valence-electron chi connectivity index (χ3n) is 7.26. The van der Waals surface area contributed by atoms with Crippen LogP contribution in [0.5, 0.6) is 0 Å². The van der Waals surface area contributed by atoms with Crippen LogP contribution in [0.2, 0.25) is 0 Å². The van der Waals surface area contributed by atoms with E-state index in [-0.39, 0.29) is 52.4 Å². The van der Waals surface area contributed by atoms with E-state index in [0.29, 0.717) is 13.1 Å². The molecule has 226 valence electrons. The lowest BCUT2D eigenvalue weighted by Crippen LogP contribution is -2.73. The van der Waals surface area contributed by atoms with Crippen LogP contribution >= 0.6 is 0 Å². The standard InChI is InChI=1S/C28H30F6N6O2/c1-14(16-7-6-8-17(20(16)29)22(30)31)35-23-18-9-19(21(28(32,33)34)38-24(18)37-15(2)36-23)39-10-27(11-39)12-40(13-27)25(41)42-26(3,4)5/h6-9,14,22H,10-13H2,1-5H3,(H,35,36,37,38)/t14-/m1/s1. The summed E-state index contributed by atoms with van der Waals surface area (Å²) in [6, 6.07) is 4.07. The number of halogens is 6. The fraction of sp³-hybridized carbons (Fsp3) is 0.500. The Balaban J connectivity index is 1.44. The number of rotatable bonds is 5. The Morgan fingerprint density at radius 2 is 1.69 bits per heavy atom. The number of carbonyl (C=O) groups excluding carboxylic acids is 1. The molecular weight excluding hydrogens is 566 g/mol. The molecule has 2 aliphatic heterocycles. The number of benzene rings is 1. The molecule has 8 nitrogen and oxygen atoms in total. The summed E-state index contributed by atoms with van der Waals surface area (Å²) in [5.41, 5.74) is -3.33. The van der Waals surface area contributed by atoms with Gasteiger partial charge in [0.05, 0.1) is 22.7 Å².